The van der Waals surface area contributed by atoms with Crippen molar-refractivity contribution >= 4 is 19.9 Å². The minimum atomic E-state index is -2.18. The van der Waals surface area contributed by atoms with Crippen LogP contribution in [0.15, 0.2) is 11.8 Å². The largest absolute Gasteiger partial charge is 0.464 e. The minimum absolute atomic E-state index is 0.00437. The summed E-state index contributed by atoms with van der Waals surface area (Å²) in [6, 6.07) is 0. The molecule has 0 aliphatic rings. The van der Waals surface area contributed by atoms with Crippen molar-refractivity contribution in [3.63, 3.8) is 0 Å². The number of methoxy groups -OCH3 is 2. The molecule has 0 radical (unpaired) electrons. The van der Waals surface area contributed by atoms with Crippen LogP contribution in [0.2, 0.25) is 0 Å². The zero-order valence-corrected chi connectivity index (χ0v) is 9.98. The lowest BCUT2D eigenvalue weighted by Crippen LogP contribution is -2.28. The van der Waals surface area contributed by atoms with Crippen molar-refractivity contribution in [1.82, 2.24) is 5.32 Å². The number of allylic oxidation sites excluding steroid dienone is 1. The van der Waals surface area contributed by atoms with Crippen LogP contribution in [-0.4, -0.2) is 43.9 Å². The van der Waals surface area contributed by atoms with Crippen LogP contribution in [0.1, 0.15) is 0 Å². The fourth-order valence-electron chi connectivity index (χ4n) is 0.737. The average Bonchev–Trinajstić information content (AvgIpc) is 2.32. The molecule has 0 aliphatic heterocycles. The van der Waals surface area contributed by atoms with Gasteiger partial charge in [0.2, 0.25) is 0 Å². The number of rotatable bonds is 5. The molecule has 0 heterocycles. The van der Waals surface area contributed by atoms with Gasteiger partial charge in [-0.05, 0) is 6.08 Å². The summed E-state index contributed by atoms with van der Waals surface area (Å²) in [5.74, 6) is -0.780. The zero-order chi connectivity index (χ0) is 12.6. The van der Waals surface area contributed by atoms with E-state index in [1.54, 1.807) is 0 Å². The number of hydrogen-bond acceptors (Lipinski definition) is 6. The average molecular weight is 251 g/mol. The Balaban J connectivity index is 4.59. The molecule has 0 bridgehead atoms. The summed E-state index contributed by atoms with van der Waals surface area (Å²) in [6.45, 7) is 0. The molecule has 0 fully saturated rings. The first kappa shape index (κ1) is 14.7. The molecule has 16 heavy (non-hydrogen) atoms. The van der Waals surface area contributed by atoms with Crippen molar-refractivity contribution in [3.8, 4) is 0 Å². The van der Waals surface area contributed by atoms with E-state index >= 15 is 0 Å². The molecule has 7 nitrogen and oxygen atoms in total. The Morgan fingerprint density at radius 1 is 1.38 bits per heavy atom. The first-order valence-electron chi connectivity index (χ1n) is 4.31. The van der Waals surface area contributed by atoms with E-state index < -0.39 is 26.2 Å². The van der Waals surface area contributed by atoms with Crippen molar-refractivity contribution in [2.75, 3.05) is 26.7 Å². The number of amides is 1. The van der Waals surface area contributed by atoms with E-state index in [2.05, 4.69) is 14.8 Å². The molecule has 1 atom stereocenters. The van der Waals surface area contributed by atoms with Crippen LogP contribution < -0.4 is 5.32 Å². The molecule has 0 rings (SSSR count). The van der Waals surface area contributed by atoms with E-state index in [-0.39, 0.29) is 11.9 Å². The van der Waals surface area contributed by atoms with Crippen LogP contribution in [0.25, 0.3) is 0 Å². The van der Waals surface area contributed by atoms with E-state index in [1.165, 1.54) is 6.08 Å². The molecule has 8 heteroatoms. The number of hydrogen-bond donors (Lipinski definition) is 2. The van der Waals surface area contributed by atoms with Gasteiger partial charge >= 0.3 is 12.1 Å². The SMILES string of the molecule is COC(=O)N/C(=C\C[PH](=O)CO)C(=O)OC. The summed E-state index contributed by atoms with van der Waals surface area (Å²) in [4.78, 5) is 22.0. The third-order valence-corrected chi connectivity index (χ3v) is 2.55. The van der Waals surface area contributed by atoms with Crippen LogP contribution in [0.5, 0.6) is 0 Å². The Kier molecular flexibility index (Phi) is 7.24. The third kappa shape index (κ3) is 5.53. The monoisotopic (exact) mass is 251 g/mol. The second-order valence-corrected chi connectivity index (χ2v) is 4.43. The van der Waals surface area contributed by atoms with Gasteiger partial charge in [-0.15, -0.1) is 0 Å². The summed E-state index contributed by atoms with van der Waals surface area (Å²) >= 11 is 0. The second-order valence-electron chi connectivity index (χ2n) is 2.63. The molecule has 92 valence electrons. The van der Waals surface area contributed by atoms with Gasteiger partial charge < -0.3 is 19.1 Å². The first-order valence-corrected chi connectivity index (χ1v) is 6.13. The van der Waals surface area contributed by atoms with E-state index in [0.29, 0.717) is 0 Å². The summed E-state index contributed by atoms with van der Waals surface area (Å²) < 4.78 is 19.7. The molecule has 0 aromatic carbocycles. The predicted octanol–water partition coefficient (Wildman–Crippen LogP) is -0.0912. The fourth-order valence-corrected chi connectivity index (χ4v) is 1.30. The summed E-state index contributed by atoms with van der Waals surface area (Å²) in [5.41, 5.74) is -0.166. The number of carbonyl (C=O) groups excluding carboxylic acids is 2. The molecule has 2 N–H and O–H groups in total. The van der Waals surface area contributed by atoms with E-state index in [1.807, 2.05) is 0 Å². The van der Waals surface area contributed by atoms with Crippen LogP contribution >= 0.6 is 7.80 Å². The Hall–Kier alpha value is -1.33. The normalized spacial score (nSPS) is 12.8. The van der Waals surface area contributed by atoms with Gasteiger partial charge in [0.15, 0.2) is 0 Å². The number of alkyl carbamates (subject to hydrolysis) is 1. The number of aliphatic hydroxyl groups excluding tert-OH is 1. The fraction of sp³-hybridized carbons (Fsp3) is 0.500. The maximum absolute atomic E-state index is 11.2. The lowest BCUT2D eigenvalue weighted by molar-refractivity contribution is -0.136. The molecule has 0 saturated heterocycles. The number of aliphatic hydroxyl groups is 1. The zero-order valence-electron chi connectivity index (χ0n) is 8.98. The third-order valence-electron chi connectivity index (χ3n) is 1.54. The van der Waals surface area contributed by atoms with E-state index in [0.717, 1.165) is 14.2 Å². The van der Waals surface area contributed by atoms with Crippen LogP contribution in [0.3, 0.4) is 0 Å². The predicted molar refractivity (Wildman–Crippen MR) is 56.6 cm³/mol. The maximum atomic E-state index is 11.2. The van der Waals surface area contributed by atoms with Gasteiger partial charge in [0.1, 0.15) is 13.5 Å². The molecule has 0 spiro atoms. The lowest BCUT2D eigenvalue weighted by atomic mass is 10.4. The Labute approximate surface area is 93.2 Å². The molecule has 0 aromatic heterocycles. The molecule has 0 aliphatic carbocycles. The number of nitrogens with one attached hydrogen (secondary N) is 1. The van der Waals surface area contributed by atoms with Crippen LogP contribution in [-0.2, 0) is 18.8 Å². The van der Waals surface area contributed by atoms with Gasteiger partial charge in [-0.1, -0.05) is 0 Å². The minimum Gasteiger partial charge on any atom is -0.464 e. The van der Waals surface area contributed by atoms with Gasteiger partial charge in [-0.25, -0.2) is 9.59 Å². The molecule has 1 unspecified atom stereocenters. The molecular formula is C8H14NO6P. The summed E-state index contributed by atoms with van der Waals surface area (Å²) in [5, 5.41) is 10.7. The Morgan fingerprint density at radius 3 is 2.44 bits per heavy atom. The van der Waals surface area contributed by atoms with Crippen molar-refractivity contribution < 1.29 is 28.7 Å². The quantitative estimate of drug-likeness (QED) is 0.402. The highest BCUT2D eigenvalue weighted by Gasteiger charge is 2.13. The summed E-state index contributed by atoms with van der Waals surface area (Å²) in [6.07, 6.45) is -0.0655. The summed E-state index contributed by atoms with van der Waals surface area (Å²) in [7, 11) is 0.105. The number of carbonyl (C=O) groups is 2. The molecule has 0 saturated carbocycles. The van der Waals surface area contributed by atoms with Gasteiger partial charge in [-0.3, -0.25) is 5.32 Å². The van der Waals surface area contributed by atoms with Crippen molar-refractivity contribution in [2.45, 2.75) is 0 Å². The molecule has 0 aromatic rings. The van der Waals surface area contributed by atoms with E-state index in [4.69, 9.17) is 5.11 Å². The Morgan fingerprint density at radius 2 is 2.00 bits per heavy atom. The molecule has 1 amide bonds. The first-order chi connectivity index (χ1) is 7.54. The van der Waals surface area contributed by atoms with E-state index in [9.17, 15) is 14.2 Å². The van der Waals surface area contributed by atoms with Gasteiger partial charge in [0.05, 0.1) is 20.6 Å². The number of esters is 1. The van der Waals surface area contributed by atoms with Gasteiger partial charge in [-0.2, -0.15) is 0 Å². The standard InChI is InChI=1S/C8H14NO6P/c1-14-7(11)6(9-8(12)15-2)3-4-16(13)5-10/h3,10,16H,4-5H2,1-2H3,(H,9,12)/b6-3-. The van der Waals surface area contributed by atoms with Crippen LogP contribution in [0.4, 0.5) is 4.79 Å². The van der Waals surface area contributed by atoms with Gasteiger partial charge in [0, 0.05) is 6.16 Å². The highest BCUT2D eigenvalue weighted by Crippen LogP contribution is 2.18. The maximum Gasteiger partial charge on any atom is 0.411 e. The second kappa shape index (κ2) is 7.90. The highest BCUT2D eigenvalue weighted by molar-refractivity contribution is 7.44. The lowest BCUT2D eigenvalue weighted by Gasteiger charge is -2.06. The van der Waals surface area contributed by atoms with Gasteiger partial charge in [0.25, 0.3) is 0 Å². The number of ether oxygens (including phenoxy) is 2. The van der Waals surface area contributed by atoms with Crippen molar-refractivity contribution in [2.24, 2.45) is 0 Å². The highest BCUT2D eigenvalue weighted by atomic mass is 31.1. The van der Waals surface area contributed by atoms with Crippen molar-refractivity contribution in [3.05, 3.63) is 11.8 Å². The van der Waals surface area contributed by atoms with Crippen LogP contribution in [0, 0.1) is 0 Å². The topological polar surface area (TPSA) is 102 Å². The molecular weight excluding hydrogens is 237 g/mol. The van der Waals surface area contributed by atoms with Crippen molar-refractivity contribution in [1.29, 1.82) is 0 Å². The Bertz CT molecular complexity index is 314. The smallest absolute Gasteiger partial charge is 0.411 e.